The van der Waals surface area contributed by atoms with Crippen LogP contribution in [-0.4, -0.2) is 37.6 Å². The van der Waals surface area contributed by atoms with E-state index in [1.54, 1.807) is 38.1 Å². The molecule has 1 aromatic rings. The minimum Gasteiger partial charge on any atom is -0.349 e. The van der Waals surface area contributed by atoms with Crippen LogP contribution in [0.15, 0.2) is 24.3 Å². The van der Waals surface area contributed by atoms with Crippen LogP contribution in [0.25, 0.3) is 0 Å². The number of carbonyl (C=O) groups excluding carboxylic acids is 2. The molecule has 7 nitrogen and oxygen atoms in total. The first-order valence-electron chi connectivity index (χ1n) is 11.5. The largest absolute Gasteiger partial charge is 0.349 e. The molecule has 1 aromatic carbocycles. The van der Waals surface area contributed by atoms with E-state index in [2.05, 4.69) is 15.4 Å². The molecule has 2 aliphatic rings. The number of nitrogens with one attached hydrogen (secondary N) is 3. The number of anilines is 1. The van der Waals surface area contributed by atoms with Crippen molar-refractivity contribution in [2.45, 2.75) is 89.0 Å². The average Bonchev–Trinajstić information content (AvgIpc) is 2.75. The maximum atomic E-state index is 12.6. The lowest BCUT2D eigenvalue weighted by Crippen LogP contribution is -2.42. The van der Waals surface area contributed by atoms with Crippen LogP contribution >= 0.6 is 0 Å². The second kappa shape index (κ2) is 10.6. The van der Waals surface area contributed by atoms with Gasteiger partial charge in [-0.25, -0.2) is 13.1 Å². The minimum absolute atomic E-state index is 0.0513. The quantitative estimate of drug-likeness (QED) is 0.592. The van der Waals surface area contributed by atoms with Crippen molar-refractivity contribution in [1.82, 2.24) is 10.0 Å². The van der Waals surface area contributed by atoms with Crippen molar-refractivity contribution in [2.75, 3.05) is 5.32 Å². The van der Waals surface area contributed by atoms with Crippen LogP contribution < -0.4 is 15.4 Å². The highest BCUT2D eigenvalue weighted by Crippen LogP contribution is 2.26. The molecule has 3 rings (SSSR count). The van der Waals surface area contributed by atoms with Crippen LogP contribution in [0.5, 0.6) is 0 Å². The Kier molecular flexibility index (Phi) is 8.11. The van der Waals surface area contributed by atoms with E-state index < -0.39 is 15.3 Å². The van der Waals surface area contributed by atoms with Crippen LogP contribution in [0.1, 0.15) is 82.0 Å². The van der Waals surface area contributed by atoms with Gasteiger partial charge in [0.1, 0.15) is 0 Å². The van der Waals surface area contributed by atoms with Crippen molar-refractivity contribution < 1.29 is 18.0 Å². The van der Waals surface area contributed by atoms with E-state index in [1.165, 1.54) is 19.3 Å². The molecule has 0 radical (unpaired) electrons. The lowest BCUT2D eigenvalue weighted by atomic mass is 9.86. The smallest absolute Gasteiger partial charge is 0.251 e. The first-order chi connectivity index (χ1) is 14.7. The lowest BCUT2D eigenvalue weighted by molar-refractivity contribution is -0.120. The molecule has 2 saturated carbocycles. The highest BCUT2D eigenvalue weighted by Gasteiger charge is 2.29. The number of carbonyl (C=O) groups is 2. The molecule has 0 aromatic heterocycles. The highest BCUT2D eigenvalue weighted by atomic mass is 32.2. The third-order valence-corrected chi connectivity index (χ3v) is 8.31. The molecule has 2 fully saturated rings. The maximum absolute atomic E-state index is 12.6. The summed E-state index contributed by atoms with van der Waals surface area (Å²) in [7, 11) is -3.29. The molecule has 2 aliphatic carbocycles. The molecule has 0 bridgehead atoms. The third-order valence-electron chi connectivity index (χ3n) is 6.40. The van der Waals surface area contributed by atoms with Gasteiger partial charge in [-0.15, -0.1) is 0 Å². The molecule has 31 heavy (non-hydrogen) atoms. The molecule has 3 N–H and O–H groups in total. The SMILES string of the molecule is CC(C)S(=O)(=O)NC1CCC(C(=O)Nc2ccc(C(=O)NC3CCCCC3)cc2)CC1. The van der Waals surface area contributed by atoms with E-state index >= 15 is 0 Å². The Balaban J connectivity index is 1.46. The molecule has 0 atom stereocenters. The van der Waals surface area contributed by atoms with Crippen molar-refractivity contribution >= 4 is 27.5 Å². The van der Waals surface area contributed by atoms with Crippen LogP contribution in [0.4, 0.5) is 5.69 Å². The zero-order chi connectivity index (χ0) is 22.4. The van der Waals surface area contributed by atoms with E-state index in [0.29, 0.717) is 36.9 Å². The first-order valence-corrected chi connectivity index (χ1v) is 13.0. The summed E-state index contributed by atoms with van der Waals surface area (Å²) in [6.07, 6.45) is 8.29. The van der Waals surface area contributed by atoms with Gasteiger partial charge in [0, 0.05) is 29.3 Å². The molecule has 0 spiro atoms. The molecule has 0 heterocycles. The standard InChI is InChI=1S/C23H35N3O4S/c1-16(2)31(29,30)26-21-14-10-18(11-15-21)23(28)25-20-12-8-17(9-13-20)22(27)24-19-6-4-3-5-7-19/h8-9,12-13,16,18-19,21,26H,3-7,10-11,14-15H2,1-2H3,(H,24,27)(H,25,28). The molecule has 0 aliphatic heterocycles. The van der Waals surface area contributed by atoms with Crippen LogP contribution in [0, 0.1) is 5.92 Å². The van der Waals surface area contributed by atoms with Crippen molar-refractivity contribution in [3.05, 3.63) is 29.8 Å². The number of benzene rings is 1. The number of hydrogen-bond donors (Lipinski definition) is 3. The summed E-state index contributed by atoms with van der Waals surface area (Å²) in [4.78, 5) is 25.0. The van der Waals surface area contributed by atoms with Gasteiger partial charge in [0.05, 0.1) is 5.25 Å². The Hall–Kier alpha value is -1.93. The third kappa shape index (κ3) is 6.77. The topological polar surface area (TPSA) is 104 Å². The molecule has 172 valence electrons. The number of rotatable bonds is 7. The summed E-state index contributed by atoms with van der Waals surface area (Å²) >= 11 is 0. The average molecular weight is 450 g/mol. The molecule has 2 amide bonds. The van der Waals surface area contributed by atoms with Gasteiger partial charge in [-0.2, -0.15) is 0 Å². The molecule has 0 unspecified atom stereocenters. The normalized spacial score (nSPS) is 22.8. The summed E-state index contributed by atoms with van der Waals surface area (Å²) < 4.78 is 26.8. The number of amides is 2. The summed E-state index contributed by atoms with van der Waals surface area (Å²) in [6, 6.07) is 7.17. The Bertz CT molecular complexity index is 853. The van der Waals surface area contributed by atoms with Crippen molar-refractivity contribution in [2.24, 2.45) is 5.92 Å². The molecular formula is C23H35N3O4S. The molecule has 8 heteroatoms. The Morgan fingerprint density at radius 3 is 2.06 bits per heavy atom. The number of sulfonamides is 1. The van der Waals surface area contributed by atoms with Gasteiger partial charge in [0.15, 0.2) is 0 Å². The van der Waals surface area contributed by atoms with E-state index in [1.807, 2.05) is 0 Å². The second-order valence-electron chi connectivity index (χ2n) is 9.14. The van der Waals surface area contributed by atoms with Gasteiger partial charge in [-0.1, -0.05) is 19.3 Å². The fraction of sp³-hybridized carbons (Fsp3) is 0.652. The lowest BCUT2D eigenvalue weighted by Gasteiger charge is -2.28. The first kappa shape index (κ1) is 23.7. The van der Waals surface area contributed by atoms with Crippen molar-refractivity contribution in [3.63, 3.8) is 0 Å². The van der Waals surface area contributed by atoms with E-state index in [9.17, 15) is 18.0 Å². The predicted octanol–water partition coefficient (Wildman–Crippen LogP) is 3.57. The van der Waals surface area contributed by atoms with Gasteiger partial charge < -0.3 is 10.6 Å². The van der Waals surface area contributed by atoms with E-state index in [0.717, 1.165) is 12.8 Å². The second-order valence-corrected chi connectivity index (χ2v) is 11.4. The van der Waals surface area contributed by atoms with E-state index in [-0.39, 0.29) is 29.8 Å². The molecular weight excluding hydrogens is 414 g/mol. The zero-order valence-corrected chi connectivity index (χ0v) is 19.3. The number of hydrogen-bond acceptors (Lipinski definition) is 4. The molecule has 0 saturated heterocycles. The van der Waals surface area contributed by atoms with Crippen LogP contribution in [0.3, 0.4) is 0 Å². The Morgan fingerprint density at radius 1 is 0.871 bits per heavy atom. The summed E-state index contributed by atoms with van der Waals surface area (Å²) in [5.74, 6) is -0.245. The predicted molar refractivity (Wildman–Crippen MR) is 122 cm³/mol. The van der Waals surface area contributed by atoms with Crippen LogP contribution in [-0.2, 0) is 14.8 Å². The van der Waals surface area contributed by atoms with Gasteiger partial charge >= 0.3 is 0 Å². The summed E-state index contributed by atoms with van der Waals surface area (Å²) in [5.41, 5.74) is 1.27. The van der Waals surface area contributed by atoms with Crippen molar-refractivity contribution in [3.8, 4) is 0 Å². The summed E-state index contributed by atoms with van der Waals surface area (Å²) in [6.45, 7) is 3.32. The van der Waals surface area contributed by atoms with Crippen molar-refractivity contribution in [1.29, 1.82) is 0 Å². The fourth-order valence-corrected chi connectivity index (χ4v) is 5.28. The Labute approximate surface area is 185 Å². The van der Waals surface area contributed by atoms with Crippen LogP contribution in [0.2, 0.25) is 0 Å². The van der Waals surface area contributed by atoms with E-state index in [4.69, 9.17) is 0 Å². The highest BCUT2D eigenvalue weighted by molar-refractivity contribution is 7.90. The van der Waals surface area contributed by atoms with Gasteiger partial charge in [-0.05, 0) is 76.6 Å². The minimum atomic E-state index is -3.29. The van der Waals surface area contributed by atoms with Gasteiger partial charge in [0.25, 0.3) is 5.91 Å². The summed E-state index contributed by atoms with van der Waals surface area (Å²) in [5, 5.41) is 5.57. The maximum Gasteiger partial charge on any atom is 0.251 e. The van der Waals surface area contributed by atoms with Gasteiger partial charge in [-0.3, -0.25) is 9.59 Å². The Morgan fingerprint density at radius 2 is 1.48 bits per heavy atom. The fourth-order valence-electron chi connectivity index (χ4n) is 4.31. The monoisotopic (exact) mass is 449 g/mol. The van der Waals surface area contributed by atoms with Gasteiger partial charge in [0.2, 0.25) is 15.9 Å². The zero-order valence-electron chi connectivity index (χ0n) is 18.5.